The summed E-state index contributed by atoms with van der Waals surface area (Å²) >= 11 is 0. The standard InChI is InChI=1S/C26H28N4O5/c1-3-35-25(33)20-12-8-14-28(17-20)23(31)22-24(32)29(16-19-10-5-4-6-11-19)26(34)30(27-22)21-13-7-9-18(2)15-21/h4-7,9-11,13,15,20H,3,8,12,14,16-17H2,1-2H3/t20-/m1/s1. The summed E-state index contributed by atoms with van der Waals surface area (Å²) in [4.78, 5) is 53.9. The van der Waals surface area contributed by atoms with E-state index in [-0.39, 0.29) is 31.4 Å². The molecule has 0 unspecified atom stereocenters. The van der Waals surface area contributed by atoms with Crippen molar-refractivity contribution in [1.82, 2.24) is 19.2 Å². The van der Waals surface area contributed by atoms with Gasteiger partial charge in [0, 0.05) is 13.1 Å². The zero-order chi connectivity index (χ0) is 24.9. The summed E-state index contributed by atoms with van der Waals surface area (Å²) in [6, 6.07) is 16.2. The van der Waals surface area contributed by atoms with Crippen LogP contribution in [0, 0.1) is 12.8 Å². The van der Waals surface area contributed by atoms with Crippen LogP contribution in [0.4, 0.5) is 0 Å². The van der Waals surface area contributed by atoms with Crippen LogP contribution in [0.15, 0.2) is 64.2 Å². The Kier molecular flexibility index (Phi) is 7.24. The number of carbonyl (C=O) groups is 2. The molecule has 2 heterocycles. The molecule has 0 spiro atoms. The van der Waals surface area contributed by atoms with Crippen molar-refractivity contribution in [3.8, 4) is 5.69 Å². The number of benzene rings is 2. The second kappa shape index (κ2) is 10.5. The van der Waals surface area contributed by atoms with Gasteiger partial charge in [-0.05, 0) is 49.9 Å². The summed E-state index contributed by atoms with van der Waals surface area (Å²) in [7, 11) is 0. The molecule has 35 heavy (non-hydrogen) atoms. The topological polar surface area (TPSA) is 104 Å². The monoisotopic (exact) mass is 476 g/mol. The fourth-order valence-electron chi connectivity index (χ4n) is 4.25. The van der Waals surface area contributed by atoms with E-state index >= 15 is 0 Å². The lowest BCUT2D eigenvalue weighted by Gasteiger charge is -2.31. The molecule has 4 rings (SSSR count). The lowest BCUT2D eigenvalue weighted by atomic mass is 9.98. The summed E-state index contributed by atoms with van der Waals surface area (Å²) in [6.45, 7) is 4.40. The Labute approximate surface area is 202 Å². The third-order valence-electron chi connectivity index (χ3n) is 6.02. The van der Waals surface area contributed by atoms with Crippen LogP contribution in [0.1, 0.15) is 41.4 Å². The average molecular weight is 477 g/mol. The minimum atomic E-state index is -0.758. The largest absolute Gasteiger partial charge is 0.466 e. The van der Waals surface area contributed by atoms with E-state index in [9.17, 15) is 19.2 Å². The Morgan fingerprint density at radius 1 is 1.09 bits per heavy atom. The Morgan fingerprint density at radius 3 is 2.57 bits per heavy atom. The molecule has 1 saturated heterocycles. The highest BCUT2D eigenvalue weighted by Crippen LogP contribution is 2.19. The summed E-state index contributed by atoms with van der Waals surface area (Å²) in [5, 5.41) is 4.23. The number of hydrogen-bond donors (Lipinski definition) is 0. The summed E-state index contributed by atoms with van der Waals surface area (Å²) < 4.78 is 7.25. The van der Waals surface area contributed by atoms with Gasteiger partial charge in [-0.15, -0.1) is 0 Å². The molecule has 1 aliphatic heterocycles. The summed E-state index contributed by atoms with van der Waals surface area (Å²) in [6.07, 6.45) is 1.21. The molecule has 0 bridgehead atoms. The first-order valence-corrected chi connectivity index (χ1v) is 11.7. The van der Waals surface area contributed by atoms with Crippen LogP contribution < -0.4 is 11.2 Å². The molecule has 1 aromatic heterocycles. The summed E-state index contributed by atoms with van der Waals surface area (Å²) in [5.41, 5.74) is 0.348. The van der Waals surface area contributed by atoms with E-state index in [1.165, 1.54) is 4.90 Å². The summed E-state index contributed by atoms with van der Waals surface area (Å²) in [5.74, 6) is -1.42. The van der Waals surface area contributed by atoms with Crippen LogP contribution in [-0.2, 0) is 16.1 Å². The molecule has 0 saturated carbocycles. The molecule has 3 aromatic rings. The maximum absolute atomic E-state index is 13.5. The lowest BCUT2D eigenvalue weighted by molar-refractivity contribution is -0.149. The van der Waals surface area contributed by atoms with Gasteiger partial charge in [-0.2, -0.15) is 9.78 Å². The predicted octanol–water partition coefficient (Wildman–Crippen LogP) is 2.17. The quantitative estimate of drug-likeness (QED) is 0.505. The predicted molar refractivity (Wildman–Crippen MR) is 130 cm³/mol. The van der Waals surface area contributed by atoms with Gasteiger partial charge in [-0.3, -0.25) is 19.0 Å². The van der Waals surface area contributed by atoms with E-state index in [4.69, 9.17) is 4.74 Å². The SMILES string of the molecule is CCOC(=O)[C@@H]1CCCN(C(=O)c2nn(-c3cccc(C)c3)c(=O)n(Cc3ccccc3)c2=O)C1. The maximum Gasteiger partial charge on any atom is 0.352 e. The Morgan fingerprint density at radius 2 is 1.86 bits per heavy atom. The highest BCUT2D eigenvalue weighted by molar-refractivity contribution is 5.92. The number of ether oxygens (including phenoxy) is 1. The van der Waals surface area contributed by atoms with Gasteiger partial charge in [-0.1, -0.05) is 42.5 Å². The van der Waals surface area contributed by atoms with Gasteiger partial charge in [0.15, 0.2) is 0 Å². The first-order valence-electron chi connectivity index (χ1n) is 11.7. The number of likely N-dealkylation sites (tertiary alicyclic amines) is 1. The number of esters is 1. The number of piperidine rings is 1. The zero-order valence-electron chi connectivity index (χ0n) is 19.8. The molecular weight excluding hydrogens is 448 g/mol. The van der Waals surface area contributed by atoms with Gasteiger partial charge < -0.3 is 9.64 Å². The van der Waals surface area contributed by atoms with Crippen LogP contribution in [0.2, 0.25) is 0 Å². The number of amides is 1. The number of aromatic nitrogens is 3. The minimum Gasteiger partial charge on any atom is -0.466 e. The number of aryl methyl sites for hydroxylation is 1. The van der Waals surface area contributed by atoms with Crippen LogP contribution in [0.3, 0.4) is 0 Å². The minimum absolute atomic E-state index is 0.00142. The van der Waals surface area contributed by atoms with Gasteiger partial charge in [0.1, 0.15) is 0 Å². The molecular formula is C26H28N4O5. The Bertz CT molecular complexity index is 1350. The molecule has 9 heteroatoms. The molecule has 2 aromatic carbocycles. The van der Waals surface area contributed by atoms with Crippen molar-refractivity contribution in [2.24, 2.45) is 5.92 Å². The van der Waals surface area contributed by atoms with Gasteiger partial charge >= 0.3 is 11.7 Å². The zero-order valence-corrected chi connectivity index (χ0v) is 19.8. The number of rotatable bonds is 6. The van der Waals surface area contributed by atoms with Crippen molar-refractivity contribution < 1.29 is 14.3 Å². The fraction of sp³-hybridized carbons (Fsp3) is 0.346. The van der Waals surface area contributed by atoms with E-state index in [1.807, 2.05) is 31.2 Å². The molecule has 0 aliphatic carbocycles. The van der Waals surface area contributed by atoms with Crippen molar-refractivity contribution in [2.75, 3.05) is 19.7 Å². The Balaban J connectivity index is 1.78. The van der Waals surface area contributed by atoms with Gasteiger partial charge in [0.05, 0.1) is 24.8 Å². The second-order valence-electron chi connectivity index (χ2n) is 8.60. The van der Waals surface area contributed by atoms with Crippen LogP contribution in [0.5, 0.6) is 0 Å². The van der Waals surface area contributed by atoms with Crippen LogP contribution in [0.25, 0.3) is 5.69 Å². The normalized spacial score (nSPS) is 15.6. The van der Waals surface area contributed by atoms with Gasteiger partial charge in [-0.25, -0.2) is 4.79 Å². The lowest BCUT2D eigenvalue weighted by Crippen LogP contribution is -2.49. The van der Waals surface area contributed by atoms with E-state index < -0.39 is 23.1 Å². The van der Waals surface area contributed by atoms with Gasteiger partial charge in [0.25, 0.3) is 11.5 Å². The molecule has 1 aliphatic rings. The third kappa shape index (κ3) is 5.24. The Hall–Kier alpha value is -4.01. The van der Waals surface area contributed by atoms with Crippen LogP contribution in [-0.4, -0.2) is 50.8 Å². The molecule has 1 atom stereocenters. The van der Waals surface area contributed by atoms with E-state index in [0.29, 0.717) is 25.1 Å². The molecule has 0 N–H and O–H groups in total. The highest BCUT2D eigenvalue weighted by atomic mass is 16.5. The van der Waals surface area contributed by atoms with E-state index in [1.54, 1.807) is 37.3 Å². The third-order valence-corrected chi connectivity index (χ3v) is 6.02. The number of carbonyl (C=O) groups excluding carboxylic acids is 2. The second-order valence-corrected chi connectivity index (χ2v) is 8.60. The smallest absolute Gasteiger partial charge is 0.352 e. The first-order chi connectivity index (χ1) is 16.9. The fourth-order valence-corrected chi connectivity index (χ4v) is 4.25. The van der Waals surface area contributed by atoms with Crippen molar-refractivity contribution >= 4 is 11.9 Å². The molecule has 182 valence electrons. The van der Waals surface area contributed by atoms with E-state index in [0.717, 1.165) is 20.4 Å². The van der Waals surface area contributed by atoms with Crippen molar-refractivity contribution in [1.29, 1.82) is 0 Å². The molecule has 1 amide bonds. The van der Waals surface area contributed by atoms with Crippen molar-refractivity contribution in [2.45, 2.75) is 33.2 Å². The van der Waals surface area contributed by atoms with Gasteiger partial charge in [0.2, 0.25) is 5.69 Å². The van der Waals surface area contributed by atoms with Crippen LogP contribution >= 0.6 is 0 Å². The number of nitrogens with zero attached hydrogens (tertiary/aromatic N) is 4. The highest BCUT2D eigenvalue weighted by Gasteiger charge is 2.32. The average Bonchev–Trinajstić information content (AvgIpc) is 2.87. The number of hydrogen-bond acceptors (Lipinski definition) is 6. The maximum atomic E-state index is 13.5. The molecule has 0 radical (unpaired) electrons. The molecule has 1 fully saturated rings. The van der Waals surface area contributed by atoms with Crippen molar-refractivity contribution in [3.63, 3.8) is 0 Å². The molecule has 9 nitrogen and oxygen atoms in total. The van der Waals surface area contributed by atoms with E-state index in [2.05, 4.69) is 5.10 Å². The first kappa shape index (κ1) is 24.1. The van der Waals surface area contributed by atoms with Crippen molar-refractivity contribution in [3.05, 3.63) is 92.3 Å².